The summed E-state index contributed by atoms with van der Waals surface area (Å²) in [6.07, 6.45) is 0. The third-order valence-corrected chi connectivity index (χ3v) is 5.28. The van der Waals surface area contributed by atoms with Gasteiger partial charge in [0.15, 0.2) is 11.0 Å². The van der Waals surface area contributed by atoms with E-state index in [0.717, 1.165) is 11.3 Å². The van der Waals surface area contributed by atoms with Gasteiger partial charge in [-0.3, -0.25) is 4.79 Å². The molecule has 140 valence electrons. The highest BCUT2D eigenvalue weighted by molar-refractivity contribution is 7.99. The van der Waals surface area contributed by atoms with E-state index in [2.05, 4.69) is 15.5 Å². The van der Waals surface area contributed by atoms with Gasteiger partial charge in [-0.1, -0.05) is 35.0 Å². The number of methoxy groups -OCH3 is 1. The van der Waals surface area contributed by atoms with E-state index in [4.69, 9.17) is 27.9 Å². The Labute approximate surface area is 170 Å². The zero-order chi connectivity index (χ0) is 19.4. The summed E-state index contributed by atoms with van der Waals surface area (Å²) in [4.78, 5) is 12.2. The summed E-state index contributed by atoms with van der Waals surface area (Å²) in [5, 5.41) is 12.8. The highest BCUT2D eigenvalue weighted by Crippen LogP contribution is 2.30. The summed E-state index contributed by atoms with van der Waals surface area (Å²) >= 11 is 13.5. The molecule has 0 saturated heterocycles. The first kappa shape index (κ1) is 19.5. The van der Waals surface area contributed by atoms with Crippen LogP contribution in [-0.2, 0) is 11.8 Å². The maximum absolute atomic E-state index is 12.2. The molecule has 0 atom stereocenters. The van der Waals surface area contributed by atoms with Crippen molar-refractivity contribution in [3.8, 4) is 17.1 Å². The summed E-state index contributed by atoms with van der Waals surface area (Å²) in [5.74, 6) is 1.40. The smallest absolute Gasteiger partial charge is 0.234 e. The van der Waals surface area contributed by atoms with Crippen LogP contribution in [0.5, 0.6) is 5.75 Å². The summed E-state index contributed by atoms with van der Waals surface area (Å²) in [7, 11) is 3.42. The average molecular weight is 423 g/mol. The third kappa shape index (κ3) is 4.74. The SMILES string of the molecule is COc1ccc(NC(=O)CSc2nnc(-c3ccc(Cl)cc3Cl)n2C)cc1. The molecule has 2 aromatic carbocycles. The van der Waals surface area contributed by atoms with Gasteiger partial charge in [0.25, 0.3) is 0 Å². The van der Waals surface area contributed by atoms with Crippen LogP contribution in [0.4, 0.5) is 5.69 Å². The van der Waals surface area contributed by atoms with Crippen LogP contribution < -0.4 is 10.1 Å². The topological polar surface area (TPSA) is 69.0 Å². The van der Waals surface area contributed by atoms with E-state index in [-0.39, 0.29) is 11.7 Å². The fourth-order valence-corrected chi connectivity index (χ4v) is 3.55. The molecular formula is C18H16Cl2N4O2S. The Bertz CT molecular complexity index is 960. The third-order valence-electron chi connectivity index (χ3n) is 3.71. The molecule has 9 heteroatoms. The molecule has 3 rings (SSSR count). The lowest BCUT2D eigenvalue weighted by Crippen LogP contribution is -2.14. The number of halogens is 2. The van der Waals surface area contributed by atoms with Crippen LogP contribution >= 0.6 is 35.0 Å². The van der Waals surface area contributed by atoms with Gasteiger partial charge < -0.3 is 14.6 Å². The maximum Gasteiger partial charge on any atom is 0.234 e. The Morgan fingerprint density at radius 1 is 1.19 bits per heavy atom. The lowest BCUT2D eigenvalue weighted by Gasteiger charge is -2.07. The van der Waals surface area contributed by atoms with Crippen molar-refractivity contribution < 1.29 is 9.53 Å². The minimum Gasteiger partial charge on any atom is -0.497 e. The van der Waals surface area contributed by atoms with E-state index in [1.165, 1.54) is 11.8 Å². The Morgan fingerprint density at radius 2 is 1.93 bits per heavy atom. The number of hydrogen-bond acceptors (Lipinski definition) is 5. The van der Waals surface area contributed by atoms with Gasteiger partial charge in [-0.2, -0.15) is 0 Å². The van der Waals surface area contributed by atoms with Crippen molar-refractivity contribution in [1.29, 1.82) is 0 Å². The zero-order valence-electron chi connectivity index (χ0n) is 14.6. The number of nitrogens with zero attached hydrogens (tertiary/aromatic N) is 3. The fourth-order valence-electron chi connectivity index (χ4n) is 2.35. The van der Waals surface area contributed by atoms with Gasteiger partial charge in [-0.15, -0.1) is 10.2 Å². The highest BCUT2D eigenvalue weighted by Gasteiger charge is 2.15. The van der Waals surface area contributed by atoms with Gasteiger partial charge in [0.05, 0.1) is 17.9 Å². The van der Waals surface area contributed by atoms with Crippen molar-refractivity contribution in [2.45, 2.75) is 5.16 Å². The van der Waals surface area contributed by atoms with E-state index in [1.807, 2.05) is 7.05 Å². The number of hydrogen-bond donors (Lipinski definition) is 1. The molecule has 0 bridgehead atoms. The van der Waals surface area contributed by atoms with E-state index in [0.29, 0.717) is 26.7 Å². The molecule has 0 aliphatic heterocycles. The molecule has 1 aromatic heterocycles. The number of thioether (sulfide) groups is 1. The van der Waals surface area contributed by atoms with Crippen molar-refractivity contribution in [3.05, 3.63) is 52.5 Å². The second-order valence-electron chi connectivity index (χ2n) is 5.55. The second kappa shape index (κ2) is 8.65. The molecule has 3 aromatic rings. The minimum absolute atomic E-state index is 0.140. The predicted octanol–water partition coefficient (Wildman–Crippen LogP) is 4.53. The monoisotopic (exact) mass is 422 g/mol. The minimum atomic E-state index is -0.140. The van der Waals surface area contributed by atoms with E-state index >= 15 is 0 Å². The first-order chi connectivity index (χ1) is 13.0. The molecule has 0 aliphatic carbocycles. The van der Waals surface area contributed by atoms with E-state index in [9.17, 15) is 4.79 Å². The Kier molecular flexibility index (Phi) is 6.26. The number of anilines is 1. The predicted molar refractivity (Wildman–Crippen MR) is 109 cm³/mol. The number of carbonyl (C=O) groups excluding carboxylic acids is 1. The number of amides is 1. The Hall–Kier alpha value is -2.22. The molecule has 0 radical (unpaired) electrons. The second-order valence-corrected chi connectivity index (χ2v) is 7.34. The van der Waals surface area contributed by atoms with Gasteiger partial charge in [0.2, 0.25) is 5.91 Å². The Morgan fingerprint density at radius 3 is 2.59 bits per heavy atom. The van der Waals surface area contributed by atoms with Gasteiger partial charge in [0, 0.05) is 23.3 Å². The number of nitrogens with one attached hydrogen (secondary N) is 1. The van der Waals surface area contributed by atoms with Crippen LogP contribution in [0.25, 0.3) is 11.4 Å². The van der Waals surface area contributed by atoms with E-state index < -0.39 is 0 Å². The molecule has 27 heavy (non-hydrogen) atoms. The van der Waals surface area contributed by atoms with Crippen LogP contribution in [0.3, 0.4) is 0 Å². The van der Waals surface area contributed by atoms with Crippen LogP contribution in [0, 0.1) is 0 Å². The molecule has 6 nitrogen and oxygen atoms in total. The standard InChI is InChI=1S/C18H16Cl2N4O2S/c1-24-17(14-8-3-11(19)9-15(14)20)22-23-18(24)27-10-16(25)21-12-4-6-13(26-2)7-5-12/h3-9H,10H2,1-2H3,(H,21,25). The summed E-state index contributed by atoms with van der Waals surface area (Å²) < 4.78 is 6.89. The fraction of sp³-hybridized carbons (Fsp3) is 0.167. The lowest BCUT2D eigenvalue weighted by molar-refractivity contribution is -0.113. The van der Waals surface area contributed by atoms with Crippen molar-refractivity contribution >= 4 is 46.6 Å². The van der Waals surface area contributed by atoms with Gasteiger partial charge in [0.1, 0.15) is 5.75 Å². The molecule has 1 amide bonds. The molecule has 0 fully saturated rings. The van der Waals surface area contributed by atoms with Crippen molar-refractivity contribution in [2.24, 2.45) is 7.05 Å². The largest absolute Gasteiger partial charge is 0.497 e. The van der Waals surface area contributed by atoms with Crippen molar-refractivity contribution in [2.75, 3.05) is 18.2 Å². The van der Waals surface area contributed by atoms with Crippen LogP contribution in [0.1, 0.15) is 0 Å². The lowest BCUT2D eigenvalue weighted by atomic mass is 10.2. The van der Waals surface area contributed by atoms with Crippen molar-refractivity contribution in [3.63, 3.8) is 0 Å². The van der Waals surface area contributed by atoms with Crippen LogP contribution in [-0.4, -0.2) is 33.5 Å². The number of ether oxygens (including phenoxy) is 1. The molecule has 0 unspecified atom stereocenters. The first-order valence-corrected chi connectivity index (χ1v) is 9.63. The van der Waals surface area contributed by atoms with Gasteiger partial charge in [-0.25, -0.2) is 0 Å². The summed E-state index contributed by atoms with van der Waals surface area (Å²) in [5.41, 5.74) is 1.43. The van der Waals surface area contributed by atoms with E-state index in [1.54, 1.807) is 54.1 Å². The number of rotatable bonds is 6. The molecular weight excluding hydrogens is 407 g/mol. The average Bonchev–Trinajstić information content (AvgIpc) is 3.01. The van der Waals surface area contributed by atoms with Gasteiger partial charge in [-0.05, 0) is 42.5 Å². The number of benzene rings is 2. The summed E-state index contributed by atoms with van der Waals surface area (Å²) in [6.45, 7) is 0. The van der Waals surface area contributed by atoms with Crippen LogP contribution in [0.2, 0.25) is 10.0 Å². The number of aromatic nitrogens is 3. The van der Waals surface area contributed by atoms with Crippen molar-refractivity contribution in [1.82, 2.24) is 14.8 Å². The molecule has 0 spiro atoms. The maximum atomic E-state index is 12.2. The Balaban J connectivity index is 1.64. The zero-order valence-corrected chi connectivity index (χ0v) is 16.9. The normalized spacial score (nSPS) is 10.7. The molecule has 0 aliphatic rings. The van der Waals surface area contributed by atoms with Gasteiger partial charge >= 0.3 is 0 Å². The quantitative estimate of drug-likeness (QED) is 0.590. The first-order valence-electron chi connectivity index (χ1n) is 7.89. The highest BCUT2D eigenvalue weighted by atomic mass is 35.5. The number of carbonyl (C=O) groups is 1. The summed E-state index contributed by atoms with van der Waals surface area (Å²) in [6, 6.07) is 12.3. The molecule has 0 saturated carbocycles. The molecule has 1 N–H and O–H groups in total. The van der Waals surface area contributed by atoms with Crippen LogP contribution in [0.15, 0.2) is 47.6 Å². The molecule has 1 heterocycles.